The molecule has 1 atom stereocenters. The van der Waals surface area contributed by atoms with E-state index in [4.69, 9.17) is 10.5 Å². The van der Waals surface area contributed by atoms with Crippen LogP contribution in [-0.4, -0.2) is 28.5 Å². The van der Waals surface area contributed by atoms with Gasteiger partial charge >= 0.3 is 0 Å². The zero-order valence-electron chi connectivity index (χ0n) is 23.2. The molecule has 1 amide bonds. The number of hydrogen-bond acceptors (Lipinski definition) is 6. The average molecular weight is 474 g/mol. The number of carbonyl (C=O) groups is 1. The summed E-state index contributed by atoms with van der Waals surface area (Å²) in [6.45, 7) is 22.1. The van der Waals surface area contributed by atoms with Crippen molar-refractivity contribution in [2.45, 2.75) is 88.6 Å². The van der Waals surface area contributed by atoms with Crippen molar-refractivity contribution < 1.29 is 9.53 Å². The third kappa shape index (κ3) is 10.7. The van der Waals surface area contributed by atoms with Crippen molar-refractivity contribution in [2.75, 3.05) is 12.3 Å². The Morgan fingerprint density at radius 1 is 1.15 bits per heavy atom. The molecule has 2 rings (SSSR count). The van der Waals surface area contributed by atoms with Crippen LogP contribution in [-0.2, 0) is 4.74 Å². The highest BCUT2D eigenvalue weighted by Gasteiger charge is 2.20. The Bertz CT molecular complexity index is 855. The zero-order valence-corrected chi connectivity index (χ0v) is 23.2. The summed E-state index contributed by atoms with van der Waals surface area (Å²) in [5.41, 5.74) is 9.48. The molecule has 0 fully saturated rings. The second-order valence-corrected chi connectivity index (χ2v) is 6.68. The Balaban J connectivity index is 0. The number of allylic oxidation sites excluding steroid dienone is 4. The fraction of sp³-hybridized carbons (Fsp3) is 0.519. The van der Waals surface area contributed by atoms with E-state index in [1.54, 1.807) is 19.3 Å². The summed E-state index contributed by atoms with van der Waals surface area (Å²) >= 11 is 0. The van der Waals surface area contributed by atoms with E-state index in [1.807, 2.05) is 80.7 Å². The van der Waals surface area contributed by atoms with E-state index in [2.05, 4.69) is 27.5 Å². The minimum Gasteiger partial charge on any atom is -0.463 e. The number of carbonyl (C=O) groups excluding carboxylic acids is 1. The maximum Gasteiger partial charge on any atom is 0.273 e. The van der Waals surface area contributed by atoms with Gasteiger partial charge in [-0.15, -0.1) is 0 Å². The molecule has 7 heteroatoms. The highest BCUT2D eigenvalue weighted by atomic mass is 16.5. The van der Waals surface area contributed by atoms with Crippen molar-refractivity contribution in [3.05, 3.63) is 58.9 Å². The molecular weight excluding hydrogens is 426 g/mol. The monoisotopic (exact) mass is 473 g/mol. The first-order chi connectivity index (χ1) is 16.4. The number of ether oxygens (including phenoxy) is 1. The van der Waals surface area contributed by atoms with Gasteiger partial charge < -0.3 is 21.1 Å². The van der Waals surface area contributed by atoms with Gasteiger partial charge in [-0.25, -0.2) is 9.97 Å². The maximum absolute atomic E-state index is 12.6. The summed E-state index contributed by atoms with van der Waals surface area (Å²) in [5.74, 6) is 0.268. The molecule has 0 saturated heterocycles. The van der Waals surface area contributed by atoms with Crippen molar-refractivity contribution in [1.29, 1.82) is 0 Å². The number of anilines is 1. The summed E-state index contributed by atoms with van der Waals surface area (Å²) in [6.07, 6.45) is 10.2. The Morgan fingerprint density at radius 3 is 2.29 bits per heavy atom. The van der Waals surface area contributed by atoms with E-state index >= 15 is 0 Å². The van der Waals surface area contributed by atoms with E-state index in [-0.39, 0.29) is 23.5 Å². The topological polar surface area (TPSA) is 102 Å². The number of aryl methyl sites for hydroxylation is 1. The summed E-state index contributed by atoms with van der Waals surface area (Å²) < 4.78 is 5.72. The van der Waals surface area contributed by atoms with Gasteiger partial charge in [-0.3, -0.25) is 4.79 Å². The van der Waals surface area contributed by atoms with Crippen LogP contribution in [0.4, 0.5) is 5.82 Å². The lowest BCUT2D eigenvalue weighted by Gasteiger charge is -2.21. The molecule has 0 aliphatic carbocycles. The number of dihydropyridines is 1. The van der Waals surface area contributed by atoms with Gasteiger partial charge in [0.15, 0.2) is 11.5 Å². The van der Waals surface area contributed by atoms with E-state index in [9.17, 15) is 4.79 Å². The first-order valence-corrected chi connectivity index (χ1v) is 12.4. The summed E-state index contributed by atoms with van der Waals surface area (Å²) in [6, 6.07) is 0.0418. The van der Waals surface area contributed by atoms with Crippen LogP contribution < -0.4 is 16.4 Å². The second-order valence-electron chi connectivity index (χ2n) is 6.68. The third-order valence-electron chi connectivity index (χ3n) is 4.52. The molecular formula is C27H47N5O2. The van der Waals surface area contributed by atoms with Crippen LogP contribution in [0, 0.1) is 6.92 Å². The van der Waals surface area contributed by atoms with Gasteiger partial charge in [0.1, 0.15) is 11.5 Å². The van der Waals surface area contributed by atoms with Crippen LogP contribution in [0.25, 0.3) is 5.76 Å². The Labute approximate surface area is 207 Å². The summed E-state index contributed by atoms with van der Waals surface area (Å²) in [7, 11) is 0. The molecule has 0 spiro atoms. The van der Waals surface area contributed by atoms with E-state index in [0.717, 1.165) is 17.6 Å². The molecule has 0 bridgehead atoms. The molecule has 1 aromatic rings. The molecule has 34 heavy (non-hydrogen) atoms. The average Bonchev–Trinajstić information content (AvgIpc) is 2.88. The number of nitrogen functional groups attached to an aromatic ring is 1. The minimum absolute atomic E-state index is 0.0418. The lowest BCUT2D eigenvalue weighted by atomic mass is 10.1. The molecule has 7 nitrogen and oxygen atoms in total. The van der Waals surface area contributed by atoms with Crippen LogP contribution in [0.2, 0.25) is 0 Å². The van der Waals surface area contributed by atoms with Gasteiger partial charge in [0.05, 0.1) is 18.0 Å². The SMILES string of the molecule is CC.CC.CC.CC=C(O/C=C(\C)CC)c1nc(N)c(C(=O)NCC2NC=CC=C2C)nc1C. The van der Waals surface area contributed by atoms with Crippen LogP contribution in [0.1, 0.15) is 97.5 Å². The van der Waals surface area contributed by atoms with Gasteiger partial charge in [-0.05, 0) is 63.6 Å². The van der Waals surface area contributed by atoms with Crippen molar-refractivity contribution in [3.63, 3.8) is 0 Å². The Morgan fingerprint density at radius 2 is 1.76 bits per heavy atom. The standard InChI is InChI=1S/C21H29N5O2.3C2H6/c1-6-13(3)12-28-17(7-2)18-15(5)25-19(20(22)26-18)21(27)24-11-16-14(4)9-8-10-23-16;3*1-2/h7-10,12,16,23H,6,11H2,1-5H3,(H2,22,26)(H,24,27);3*1-2H3/b13-12+,17-7?;;;. The number of nitrogens with zero attached hydrogens (tertiary/aromatic N) is 2. The predicted molar refractivity (Wildman–Crippen MR) is 146 cm³/mol. The number of amides is 1. The second kappa shape index (κ2) is 19.4. The van der Waals surface area contributed by atoms with Crippen molar-refractivity contribution >= 4 is 17.5 Å². The lowest BCUT2D eigenvalue weighted by Crippen LogP contribution is -2.41. The minimum atomic E-state index is -0.353. The highest BCUT2D eigenvalue weighted by molar-refractivity contribution is 5.96. The number of nitrogens with two attached hydrogens (primary N) is 1. The largest absolute Gasteiger partial charge is 0.463 e. The maximum atomic E-state index is 12.6. The summed E-state index contributed by atoms with van der Waals surface area (Å²) in [4.78, 5) is 21.3. The molecule has 1 unspecified atom stereocenters. The lowest BCUT2D eigenvalue weighted by molar-refractivity contribution is 0.0947. The van der Waals surface area contributed by atoms with Gasteiger partial charge in [0.25, 0.3) is 5.91 Å². The number of hydrogen-bond donors (Lipinski definition) is 3. The predicted octanol–water partition coefficient (Wildman–Crippen LogP) is 6.30. The van der Waals surface area contributed by atoms with Crippen LogP contribution in [0.3, 0.4) is 0 Å². The first-order valence-electron chi connectivity index (χ1n) is 12.4. The van der Waals surface area contributed by atoms with Gasteiger partial charge in [0.2, 0.25) is 0 Å². The Kier molecular flexibility index (Phi) is 18.9. The van der Waals surface area contributed by atoms with Crippen molar-refractivity contribution in [3.8, 4) is 0 Å². The highest BCUT2D eigenvalue weighted by Crippen LogP contribution is 2.21. The molecule has 0 aromatic carbocycles. The van der Waals surface area contributed by atoms with E-state index in [0.29, 0.717) is 23.7 Å². The van der Waals surface area contributed by atoms with E-state index in [1.165, 1.54) is 0 Å². The molecule has 0 radical (unpaired) electrons. The fourth-order valence-electron chi connectivity index (χ4n) is 2.56. The normalized spacial score (nSPS) is 14.6. The molecule has 4 N–H and O–H groups in total. The third-order valence-corrected chi connectivity index (χ3v) is 4.52. The molecule has 1 aliphatic rings. The smallest absolute Gasteiger partial charge is 0.273 e. The summed E-state index contributed by atoms with van der Waals surface area (Å²) in [5, 5.41) is 6.06. The van der Waals surface area contributed by atoms with Crippen LogP contribution in [0.5, 0.6) is 0 Å². The van der Waals surface area contributed by atoms with Gasteiger partial charge in [-0.2, -0.15) is 0 Å². The van der Waals surface area contributed by atoms with Crippen molar-refractivity contribution in [2.24, 2.45) is 0 Å². The number of rotatable bonds is 7. The number of nitrogens with one attached hydrogen (secondary N) is 2. The van der Waals surface area contributed by atoms with Gasteiger partial charge in [-0.1, -0.05) is 54.5 Å². The zero-order chi connectivity index (χ0) is 26.7. The molecule has 1 aromatic heterocycles. The van der Waals surface area contributed by atoms with E-state index < -0.39 is 0 Å². The molecule has 1 aliphatic heterocycles. The molecule has 0 saturated carbocycles. The fourth-order valence-corrected chi connectivity index (χ4v) is 2.56. The quantitative estimate of drug-likeness (QED) is 0.402. The van der Waals surface area contributed by atoms with Gasteiger partial charge in [0, 0.05) is 6.54 Å². The van der Waals surface area contributed by atoms with Crippen molar-refractivity contribution in [1.82, 2.24) is 20.6 Å². The number of aromatic nitrogens is 2. The Hall–Kier alpha value is -3.09. The first kappa shape index (κ1) is 33.1. The van der Waals surface area contributed by atoms with Crippen LogP contribution >= 0.6 is 0 Å². The van der Waals surface area contributed by atoms with Crippen LogP contribution in [0.15, 0.2) is 41.8 Å². The molecule has 2 heterocycles. The molecule has 192 valence electrons.